The van der Waals surface area contributed by atoms with Gasteiger partial charge in [0.1, 0.15) is 5.60 Å². The van der Waals surface area contributed by atoms with Crippen LogP contribution >= 0.6 is 0 Å². The van der Waals surface area contributed by atoms with Crippen LogP contribution in [0.4, 0.5) is 0 Å². The number of furan rings is 1. The van der Waals surface area contributed by atoms with E-state index in [0.29, 0.717) is 5.76 Å². The van der Waals surface area contributed by atoms with Crippen LogP contribution in [0, 0.1) is 11.8 Å². The predicted molar refractivity (Wildman–Crippen MR) is 102 cm³/mol. The number of amides is 1. The third-order valence-corrected chi connectivity index (χ3v) is 4.37. The molecule has 6 heteroatoms. The van der Waals surface area contributed by atoms with Gasteiger partial charge in [-0.2, -0.15) is 0 Å². The van der Waals surface area contributed by atoms with E-state index in [1.807, 2.05) is 12.3 Å². The summed E-state index contributed by atoms with van der Waals surface area (Å²) in [4.78, 5) is 18.9. The molecular weight excluding hydrogens is 342 g/mol. The average molecular weight is 367 g/mol. The van der Waals surface area contributed by atoms with Crippen molar-refractivity contribution in [3.05, 3.63) is 53.7 Å². The largest absolute Gasteiger partial charge is 0.443 e. The highest BCUT2D eigenvalue weighted by Gasteiger charge is 2.22. The fourth-order valence-electron chi connectivity index (χ4n) is 2.98. The van der Waals surface area contributed by atoms with Crippen molar-refractivity contribution in [3.63, 3.8) is 0 Å². The monoisotopic (exact) mass is 367 g/mol. The first kappa shape index (κ1) is 19.2. The first-order chi connectivity index (χ1) is 12.9. The maximum absolute atomic E-state index is 12.4. The van der Waals surface area contributed by atoms with Gasteiger partial charge in [0.2, 0.25) is 0 Å². The van der Waals surface area contributed by atoms with Crippen LogP contribution in [0.25, 0.3) is 0 Å². The minimum Gasteiger partial charge on any atom is -0.443 e. The highest BCUT2D eigenvalue weighted by atomic mass is 16.3. The van der Waals surface area contributed by atoms with Gasteiger partial charge in [0.05, 0.1) is 0 Å². The van der Waals surface area contributed by atoms with Crippen LogP contribution in [0.3, 0.4) is 0 Å². The molecule has 1 fully saturated rings. The molecule has 0 spiro atoms. The summed E-state index contributed by atoms with van der Waals surface area (Å²) in [5.41, 5.74) is 0.106. The third kappa shape index (κ3) is 5.95. The van der Waals surface area contributed by atoms with Gasteiger partial charge in [-0.3, -0.25) is 14.7 Å². The molecule has 0 unspecified atom stereocenters. The van der Waals surface area contributed by atoms with Crippen LogP contribution in [0.1, 0.15) is 48.6 Å². The highest BCUT2D eigenvalue weighted by Crippen LogP contribution is 2.15. The predicted octanol–water partition coefficient (Wildman–Crippen LogP) is 2.19. The summed E-state index contributed by atoms with van der Waals surface area (Å²) in [5.74, 6) is 5.79. The van der Waals surface area contributed by atoms with E-state index >= 15 is 0 Å². The zero-order chi connectivity index (χ0) is 19.3. The van der Waals surface area contributed by atoms with Crippen molar-refractivity contribution >= 4 is 5.91 Å². The third-order valence-electron chi connectivity index (χ3n) is 4.37. The number of nitrogens with zero attached hydrogens (tertiary/aromatic N) is 2. The lowest BCUT2D eigenvalue weighted by molar-refractivity contribution is 0.0880. The summed E-state index contributed by atoms with van der Waals surface area (Å²) in [6.07, 6.45) is 5.47. The van der Waals surface area contributed by atoms with Gasteiger partial charge in [0.25, 0.3) is 5.91 Å². The fourth-order valence-corrected chi connectivity index (χ4v) is 2.98. The molecule has 6 nitrogen and oxygen atoms in total. The van der Waals surface area contributed by atoms with Crippen molar-refractivity contribution in [1.82, 2.24) is 15.2 Å². The van der Waals surface area contributed by atoms with Gasteiger partial charge < -0.3 is 14.8 Å². The lowest BCUT2D eigenvalue weighted by Crippen LogP contribution is -2.44. The Hall–Kier alpha value is -2.62. The molecule has 0 aromatic carbocycles. The maximum atomic E-state index is 12.4. The topological polar surface area (TPSA) is 78.6 Å². The quantitative estimate of drug-likeness (QED) is 0.810. The van der Waals surface area contributed by atoms with Crippen molar-refractivity contribution in [2.45, 2.75) is 44.9 Å². The molecule has 0 bridgehead atoms. The number of hydrogen-bond acceptors (Lipinski definition) is 5. The summed E-state index contributed by atoms with van der Waals surface area (Å²) in [5, 5.41) is 12.7. The second-order valence-corrected chi connectivity index (χ2v) is 7.36. The van der Waals surface area contributed by atoms with Gasteiger partial charge in [-0.1, -0.05) is 12.0 Å². The minimum absolute atomic E-state index is 0.138. The SMILES string of the molecule is CC(C)(O)C#Cc1ccc(C(=O)NC2CCN(Cc3cccnc3)CC2)o1. The van der Waals surface area contributed by atoms with Crippen molar-refractivity contribution in [1.29, 1.82) is 0 Å². The second kappa shape index (κ2) is 8.38. The molecular formula is C21H25N3O3. The van der Waals surface area contributed by atoms with Crippen LogP contribution in [-0.4, -0.2) is 45.6 Å². The Labute approximate surface area is 159 Å². The van der Waals surface area contributed by atoms with Gasteiger partial charge in [-0.15, -0.1) is 0 Å². The second-order valence-electron chi connectivity index (χ2n) is 7.36. The molecule has 2 N–H and O–H groups in total. The fraction of sp³-hybridized carbons (Fsp3) is 0.429. The van der Waals surface area contributed by atoms with Crippen molar-refractivity contribution in [3.8, 4) is 11.8 Å². The van der Waals surface area contributed by atoms with Gasteiger partial charge in [0, 0.05) is 38.1 Å². The Kier molecular flexibility index (Phi) is 5.94. The lowest BCUT2D eigenvalue weighted by atomic mass is 10.0. The summed E-state index contributed by atoms with van der Waals surface area (Å²) in [7, 11) is 0. The Morgan fingerprint density at radius 2 is 2.15 bits per heavy atom. The molecule has 0 radical (unpaired) electrons. The van der Waals surface area contributed by atoms with E-state index in [4.69, 9.17) is 4.42 Å². The molecule has 0 atom stereocenters. The first-order valence-electron chi connectivity index (χ1n) is 9.16. The molecule has 2 aromatic heterocycles. The number of carbonyl (C=O) groups excluding carboxylic acids is 1. The zero-order valence-corrected chi connectivity index (χ0v) is 15.7. The Bertz CT molecular complexity index is 820. The molecule has 27 heavy (non-hydrogen) atoms. The number of pyridine rings is 1. The van der Waals surface area contributed by atoms with Crippen LogP contribution in [0.5, 0.6) is 0 Å². The van der Waals surface area contributed by atoms with Gasteiger partial charge in [0.15, 0.2) is 11.5 Å². The summed E-state index contributed by atoms with van der Waals surface area (Å²) in [6.45, 7) is 5.94. The standard InChI is InChI=1S/C21H25N3O3/c1-21(2,26)10-7-18-5-6-19(27-18)20(25)23-17-8-12-24(13-9-17)15-16-4-3-11-22-14-16/h3-6,11,14,17,26H,8-9,12-13,15H2,1-2H3,(H,23,25). The number of piperidine rings is 1. The molecule has 0 aliphatic carbocycles. The molecule has 0 saturated carbocycles. The smallest absolute Gasteiger partial charge is 0.287 e. The van der Waals surface area contributed by atoms with E-state index in [9.17, 15) is 9.90 Å². The maximum Gasteiger partial charge on any atom is 0.287 e. The van der Waals surface area contributed by atoms with E-state index in [-0.39, 0.29) is 17.7 Å². The molecule has 1 saturated heterocycles. The molecule has 2 aromatic rings. The van der Waals surface area contributed by atoms with E-state index in [2.05, 4.69) is 33.1 Å². The minimum atomic E-state index is -1.10. The van der Waals surface area contributed by atoms with E-state index in [1.165, 1.54) is 5.56 Å². The number of nitrogens with one attached hydrogen (secondary N) is 1. The zero-order valence-electron chi connectivity index (χ0n) is 15.7. The van der Waals surface area contributed by atoms with E-state index in [1.54, 1.807) is 32.2 Å². The number of aromatic nitrogens is 1. The summed E-state index contributed by atoms with van der Waals surface area (Å²) in [6, 6.07) is 7.42. The van der Waals surface area contributed by atoms with Gasteiger partial charge in [-0.05, 0) is 56.4 Å². The number of hydrogen-bond donors (Lipinski definition) is 2. The van der Waals surface area contributed by atoms with Crippen LogP contribution in [0.15, 0.2) is 41.1 Å². The van der Waals surface area contributed by atoms with E-state index in [0.717, 1.165) is 32.5 Å². The summed E-state index contributed by atoms with van der Waals surface area (Å²) >= 11 is 0. The average Bonchev–Trinajstić information content (AvgIpc) is 3.11. The lowest BCUT2D eigenvalue weighted by Gasteiger charge is -2.32. The van der Waals surface area contributed by atoms with Gasteiger partial charge >= 0.3 is 0 Å². The molecule has 1 amide bonds. The molecule has 3 heterocycles. The van der Waals surface area contributed by atoms with Crippen LogP contribution < -0.4 is 5.32 Å². The van der Waals surface area contributed by atoms with Gasteiger partial charge in [-0.25, -0.2) is 0 Å². The van der Waals surface area contributed by atoms with Crippen molar-refractivity contribution in [2.24, 2.45) is 0 Å². The number of aliphatic hydroxyl groups is 1. The highest BCUT2D eigenvalue weighted by molar-refractivity contribution is 5.91. The molecule has 142 valence electrons. The van der Waals surface area contributed by atoms with E-state index < -0.39 is 5.60 Å². The summed E-state index contributed by atoms with van der Waals surface area (Å²) < 4.78 is 5.47. The van der Waals surface area contributed by atoms with Crippen LogP contribution in [-0.2, 0) is 6.54 Å². The number of carbonyl (C=O) groups is 1. The van der Waals surface area contributed by atoms with Crippen LogP contribution in [0.2, 0.25) is 0 Å². The number of likely N-dealkylation sites (tertiary alicyclic amines) is 1. The van der Waals surface area contributed by atoms with Crippen molar-refractivity contribution in [2.75, 3.05) is 13.1 Å². The molecule has 3 rings (SSSR count). The normalized spacial score (nSPS) is 15.8. The Morgan fingerprint density at radius 1 is 1.37 bits per heavy atom. The molecule has 1 aliphatic rings. The first-order valence-corrected chi connectivity index (χ1v) is 9.16. The number of rotatable bonds is 4. The van der Waals surface area contributed by atoms with Crippen molar-refractivity contribution < 1.29 is 14.3 Å². The Morgan fingerprint density at radius 3 is 2.81 bits per heavy atom. The molecule has 1 aliphatic heterocycles. The Balaban J connectivity index is 1.48.